The number of fused-ring (bicyclic) bond motifs is 1. The summed E-state index contributed by atoms with van der Waals surface area (Å²) in [6, 6.07) is 5.72. The van der Waals surface area contributed by atoms with Crippen molar-refractivity contribution in [1.82, 2.24) is 10.6 Å². The van der Waals surface area contributed by atoms with Crippen molar-refractivity contribution in [2.45, 2.75) is 25.6 Å². The molecule has 150 valence electrons. The van der Waals surface area contributed by atoms with Gasteiger partial charge in [0.05, 0.1) is 18.0 Å². The molecule has 2 N–H and O–H groups in total. The van der Waals surface area contributed by atoms with Crippen LogP contribution in [0.4, 0.5) is 13.2 Å². The quantitative estimate of drug-likeness (QED) is 0.810. The summed E-state index contributed by atoms with van der Waals surface area (Å²) in [7, 11) is 0. The molecule has 0 spiro atoms. The molecule has 1 saturated heterocycles. The third-order valence-electron chi connectivity index (χ3n) is 5.62. The van der Waals surface area contributed by atoms with Gasteiger partial charge in [-0.3, -0.25) is 4.99 Å². The Bertz CT molecular complexity index is 805. The third-order valence-corrected chi connectivity index (χ3v) is 5.62. The van der Waals surface area contributed by atoms with E-state index in [1.807, 2.05) is 12.2 Å². The average molecular weight is 391 g/mol. The van der Waals surface area contributed by atoms with Gasteiger partial charge in [-0.25, -0.2) is 0 Å². The maximum atomic E-state index is 12.9. The van der Waals surface area contributed by atoms with Gasteiger partial charge in [0.15, 0.2) is 0 Å². The van der Waals surface area contributed by atoms with E-state index in [0.717, 1.165) is 54.4 Å². The smallest absolute Gasteiger partial charge is 0.416 e. The molecule has 28 heavy (non-hydrogen) atoms. The van der Waals surface area contributed by atoms with Gasteiger partial charge in [0.25, 0.3) is 0 Å². The molecule has 1 aromatic rings. The molecule has 1 aromatic carbocycles. The molecule has 3 aliphatic rings. The van der Waals surface area contributed by atoms with Crippen LogP contribution in [-0.4, -0.2) is 38.1 Å². The lowest BCUT2D eigenvalue weighted by atomic mass is 9.78. The van der Waals surface area contributed by atoms with E-state index in [-0.39, 0.29) is 11.8 Å². The molecule has 0 radical (unpaired) electrons. The third kappa shape index (κ3) is 3.81. The number of benzene rings is 1. The number of alkyl halides is 3. The van der Waals surface area contributed by atoms with Crippen LogP contribution in [0.1, 0.15) is 24.5 Å². The predicted molar refractivity (Wildman–Crippen MR) is 103 cm³/mol. The largest absolute Gasteiger partial charge is 0.495 e. The van der Waals surface area contributed by atoms with Crippen LogP contribution in [0.5, 0.6) is 0 Å². The van der Waals surface area contributed by atoms with Crippen molar-refractivity contribution >= 4 is 11.4 Å². The summed E-state index contributed by atoms with van der Waals surface area (Å²) in [5, 5.41) is 6.93. The molecule has 3 unspecified atom stereocenters. The van der Waals surface area contributed by atoms with Crippen LogP contribution < -0.4 is 10.6 Å². The maximum Gasteiger partial charge on any atom is 0.416 e. The number of ether oxygens (including phenoxy) is 1. The Hall–Kier alpha value is -2.28. The van der Waals surface area contributed by atoms with Crippen molar-refractivity contribution in [2.75, 3.05) is 26.2 Å². The lowest BCUT2D eigenvalue weighted by Gasteiger charge is -2.32. The number of hydrogen-bond donors (Lipinski definition) is 2. The summed E-state index contributed by atoms with van der Waals surface area (Å²) in [5.41, 5.74) is 1.15. The van der Waals surface area contributed by atoms with Crippen LogP contribution in [-0.2, 0) is 10.9 Å². The molecule has 1 aliphatic carbocycles. The first-order valence-corrected chi connectivity index (χ1v) is 9.67. The van der Waals surface area contributed by atoms with E-state index in [2.05, 4.69) is 17.6 Å². The van der Waals surface area contributed by atoms with Crippen molar-refractivity contribution in [3.05, 3.63) is 53.3 Å². The Balaban J connectivity index is 1.61. The number of nitrogens with one attached hydrogen (secondary N) is 2. The van der Waals surface area contributed by atoms with E-state index in [1.54, 1.807) is 12.1 Å². The molecule has 0 amide bonds. The van der Waals surface area contributed by atoms with Gasteiger partial charge in [-0.15, -0.1) is 0 Å². The molecule has 2 aliphatic heterocycles. The Morgan fingerprint density at radius 2 is 1.96 bits per heavy atom. The second-order valence-electron chi connectivity index (χ2n) is 7.48. The second-order valence-corrected chi connectivity index (χ2v) is 7.48. The van der Waals surface area contributed by atoms with Crippen LogP contribution in [0.2, 0.25) is 0 Å². The van der Waals surface area contributed by atoms with Gasteiger partial charge in [0, 0.05) is 12.6 Å². The molecule has 4 rings (SSSR count). The van der Waals surface area contributed by atoms with Crippen molar-refractivity contribution in [3.63, 3.8) is 0 Å². The number of halogens is 3. The molecular formula is C21H24F3N3O. The summed E-state index contributed by atoms with van der Waals surface area (Å²) in [6.07, 6.45) is 0.611. The highest BCUT2D eigenvalue weighted by Crippen LogP contribution is 2.39. The van der Waals surface area contributed by atoms with E-state index >= 15 is 0 Å². The summed E-state index contributed by atoms with van der Waals surface area (Å²) in [5.74, 6) is 1.78. The van der Waals surface area contributed by atoms with Gasteiger partial charge in [-0.05, 0) is 48.2 Å². The fraction of sp³-hybridized carbons (Fsp3) is 0.476. The molecule has 0 aromatic heterocycles. The van der Waals surface area contributed by atoms with Gasteiger partial charge in [0.1, 0.15) is 18.2 Å². The zero-order chi connectivity index (χ0) is 19.7. The Morgan fingerprint density at radius 1 is 1.18 bits per heavy atom. The van der Waals surface area contributed by atoms with Gasteiger partial charge < -0.3 is 15.4 Å². The SMILES string of the molecule is CC1C(c2ccc(C(F)(F)F)cc2)=CC=C2OCCN=C(NC3CCNC3)C21. The topological polar surface area (TPSA) is 45.6 Å². The lowest BCUT2D eigenvalue weighted by Crippen LogP contribution is -2.43. The minimum absolute atomic E-state index is 0.0375. The van der Waals surface area contributed by atoms with Crippen LogP contribution in [0.15, 0.2) is 47.2 Å². The van der Waals surface area contributed by atoms with E-state index < -0.39 is 11.7 Å². The number of hydrogen-bond acceptors (Lipinski definition) is 4. The number of amidine groups is 1. The first kappa shape index (κ1) is 19.1. The molecule has 3 atom stereocenters. The van der Waals surface area contributed by atoms with Gasteiger partial charge in [0.2, 0.25) is 0 Å². The van der Waals surface area contributed by atoms with Crippen LogP contribution in [0, 0.1) is 11.8 Å². The molecule has 1 fully saturated rings. The molecule has 0 saturated carbocycles. The fourth-order valence-electron chi connectivity index (χ4n) is 4.12. The number of allylic oxidation sites excluding steroid dienone is 3. The summed E-state index contributed by atoms with van der Waals surface area (Å²) in [6.45, 7) is 5.11. The minimum Gasteiger partial charge on any atom is -0.495 e. The lowest BCUT2D eigenvalue weighted by molar-refractivity contribution is -0.137. The van der Waals surface area contributed by atoms with Crippen molar-refractivity contribution < 1.29 is 17.9 Å². The molecule has 2 heterocycles. The van der Waals surface area contributed by atoms with Crippen LogP contribution in [0.3, 0.4) is 0 Å². The zero-order valence-corrected chi connectivity index (χ0v) is 15.7. The summed E-state index contributed by atoms with van der Waals surface area (Å²) < 4.78 is 44.6. The van der Waals surface area contributed by atoms with Gasteiger partial charge in [-0.1, -0.05) is 25.1 Å². The molecule has 7 heteroatoms. The Morgan fingerprint density at radius 3 is 2.64 bits per heavy atom. The number of rotatable bonds is 2. The normalized spacial score (nSPS) is 27.7. The average Bonchev–Trinajstić information content (AvgIpc) is 3.08. The second kappa shape index (κ2) is 7.62. The highest BCUT2D eigenvalue weighted by molar-refractivity contribution is 5.91. The molecular weight excluding hydrogens is 367 g/mol. The predicted octanol–water partition coefficient (Wildman–Crippen LogP) is 3.62. The zero-order valence-electron chi connectivity index (χ0n) is 15.7. The fourth-order valence-corrected chi connectivity index (χ4v) is 4.12. The summed E-state index contributed by atoms with van der Waals surface area (Å²) >= 11 is 0. The van der Waals surface area contributed by atoms with Crippen molar-refractivity contribution in [1.29, 1.82) is 0 Å². The summed E-state index contributed by atoms with van der Waals surface area (Å²) in [4.78, 5) is 4.73. The van der Waals surface area contributed by atoms with Crippen LogP contribution >= 0.6 is 0 Å². The monoisotopic (exact) mass is 391 g/mol. The maximum absolute atomic E-state index is 12.9. The number of nitrogens with zero attached hydrogens (tertiary/aromatic N) is 1. The van der Waals surface area contributed by atoms with E-state index in [0.29, 0.717) is 19.2 Å². The van der Waals surface area contributed by atoms with E-state index in [1.165, 1.54) is 0 Å². The molecule has 0 bridgehead atoms. The first-order valence-electron chi connectivity index (χ1n) is 9.67. The minimum atomic E-state index is -4.33. The molecule has 4 nitrogen and oxygen atoms in total. The Kier molecular flexibility index (Phi) is 5.19. The number of aliphatic imine (C=N–C) groups is 1. The van der Waals surface area contributed by atoms with Crippen molar-refractivity contribution in [2.24, 2.45) is 16.8 Å². The van der Waals surface area contributed by atoms with E-state index in [9.17, 15) is 13.2 Å². The van der Waals surface area contributed by atoms with Gasteiger partial charge in [-0.2, -0.15) is 13.2 Å². The van der Waals surface area contributed by atoms with Crippen molar-refractivity contribution in [3.8, 4) is 0 Å². The standard InChI is InChI=1S/C21H24F3N3O/c1-13-17(14-2-4-15(5-3-14)21(22,23)24)6-7-18-19(13)20(26-10-11-28-18)27-16-8-9-25-12-16/h2-7,13,16,19,25H,8-12H2,1H3,(H,26,27). The van der Waals surface area contributed by atoms with Gasteiger partial charge >= 0.3 is 6.18 Å². The van der Waals surface area contributed by atoms with E-state index in [4.69, 9.17) is 9.73 Å². The first-order chi connectivity index (χ1) is 13.4. The highest BCUT2D eigenvalue weighted by atomic mass is 19.4. The highest BCUT2D eigenvalue weighted by Gasteiger charge is 2.36. The Labute approximate surface area is 162 Å². The van der Waals surface area contributed by atoms with Crippen LogP contribution in [0.25, 0.3) is 5.57 Å².